The molecule has 0 spiro atoms. The molecule has 0 aromatic heterocycles. The van der Waals surface area contributed by atoms with Crippen LogP contribution in [0.25, 0.3) is 0 Å². The number of aliphatic carboxylic acids is 1. The van der Waals surface area contributed by atoms with Crippen molar-refractivity contribution in [1.29, 1.82) is 0 Å². The average molecular weight is 609 g/mol. The second-order valence-corrected chi connectivity index (χ2v) is 9.12. The number of urea groups is 1. The van der Waals surface area contributed by atoms with Crippen molar-refractivity contribution in [3.63, 3.8) is 0 Å². The van der Waals surface area contributed by atoms with Gasteiger partial charge in [-0.3, -0.25) is 0 Å². The highest BCUT2D eigenvalue weighted by Crippen LogP contribution is 2.24. The van der Waals surface area contributed by atoms with E-state index in [1.165, 1.54) is 41.3 Å². The summed E-state index contributed by atoms with van der Waals surface area (Å²) in [6.07, 6.45) is -5.17. The molecule has 13 heteroatoms. The summed E-state index contributed by atoms with van der Waals surface area (Å²) in [6, 6.07) is 16.6. The monoisotopic (exact) mass is 608 g/mol. The van der Waals surface area contributed by atoms with Crippen LogP contribution in [-0.4, -0.2) is 67.4 Å². The van der Waals surface area contributed by atoms with E-state index in [4.69, 9.17) is 14.2 Å². The highest BCUT2D eigenvalue weighted by atomic mass is 19.4. The first-order valence-electron chi connectivity index (χ1n) is 13.4. The molecule has 9 nitrogen and oxygen atoms in total. The number of carboxylic acid groups (broad SMARTS) is 1. The van der Waals surface area contributed by atoms with Crippen molar-refractivity contribution in [2.24, 2.45) is 0 Å². The number of hydrogen-bond donors (Lipinski definition) is 2. The third-order valence-electron chi connectivity index (χ3n) is 5.90. The van der Waals surface area contributed by atoms with Crippen LogP contribution in [0.3, 0.4) is 0 Å². The number of ether oxygens (including phenoxy) is 4. The molecule has 3 aromatic rings. The molecular formula is C30H32F4N2O7. The van der Waals surface area contributed by atoms with Gasteiger partial charge in [-0.25, -0.2) is 14.0 Å². The summed E-state index contributed by atoms with van der Waals surface area (Å²) < 4.78 is 70.9. The highest BCUT2D eigenvalue weighted by molar-refractivity contribution is 5.89. The van der Waals surface area contributed by atoms with E-state index in [2.05, 4.69) is 10.1 Å². The number of nitrogens with zero attached hydrogens (tertiary/aromatic N) is 1. The summed E-state index contributed by atoms with van der Waals surface area (Å²) in [5.74, 6) is -0.878. The molecule has 0 heterocycles. The molecule has 0 aliphatic carbocycles. The molecule has 3 aromatic carbocycles. The van der Waals surface area contributed by atoms with Crippen LogP contribution in [0.2, 0.25) is 0 Å². The molecule has 232 valence electrons. The molecule has 0 bridgehead atoms. The van der Waals surface area contributed by atoms with Crippen molar-refractivity contribution in [1.82, 2.24) is 4.90 Å². The number of carbonyl (C=O) groups excluding carboxylic acids is 1. The Hall–Kier alpha value is -4.52. The number of amides is 2. The van der Waals surface area contributed by atoms with E-state index >= 15 is 0 Å². The number of halogens is 4. The van der Waals surface area contributed by atoms with Crippen LogP contribution in [-0.2, 0) is 16.0 Å². The topological polar surface area (TPSA) is 107 Å². The Morgan fingerprint density at radius 3 is 2.02 bits per heavy atom. The molecule has 0 saturated heterocycles. The number of nitrogens with one attached hydrogen (secondary N) is 1. The fourth-order valence-electron chi connectivity index (χ4n) is 3.86. The van der Waals surface area contributed by atoms with Crippen molar-refractivity contribution in [2.75, 3.05) is 38.2 Å². The minimum atomic E-state index is -4.83. The molecule has 0 radical (unpaired) electrons. The smallest absolute Gasteiger partial charge is 0.494 e. The van der Waals surface area contributed by atoms with Crippen LogP contribution in [0, 0.1) is 5.82 Å². The van der Waals surface area contributed by atoms with Crippen molar-refractivity contribution in [3.05, 3.63) is 84.2 Å². The maximum atomic E-state index is 13.1. The molecule has 1 atom stereocenters. The number of carbonyl (C=O) groups is 2. The van der Waals surface area contributed by atoms with E-state index in [9.17, 15) is 32.3 Å². The van der Waals surface area contributed by atoms with Crippen molar-refractivity contribution in [3.8, 4) is 17.2 Å². The Balaban J connectivity index is 1.57. The zero-order valence-electron chi connectivity index (χ0n) is 23.3. The lowest BCUT2D eigenvalue weighted by Gasteiger charge is -2.23. The first kappa shape index (κ1) is 33.0. The highest BCUT2D eigenvalue weighted by Gasteiger charge is 2.31. The Morgan fingerprint density at radius 1 is 0.860 bits per heavy atom. The van der Waals surface area contributed by atoms with Crippen molar-refractivity contribution in [2.45, 2.75) is 32.2 Å². The standard InChI is InChI=1S/C30H32F4N2O7/c1-2-40-27(28(37)38)20-21-4-10-24(11-5-21)42-19-17-36(16-3-18-41-25-12-6-22(31)7-13-25)29(39)35-23-8-14-26(15-9-23)43-30(32,33)34/h4-15,27H,2-3,16-20H2,1H3,(H,35,39)(H,37,38). The lowest BCUT2D eigenvalue weighted by Crippen LogP contribution is -2.39. The predicted molar refractivity (Wildman–Crippen MR) is 149 cm³/mol. The molecule has 0 fully saturated rings. The molecule has 2 amide bonds. The summed E-state index contributed by atoms with van der Waals surface area (Å²) in [6.45, 7) is 2.75. The van der Waals surface area contributed by atoms with Crippen molar-refractivity contribution < 1.29 is 51.2 Å². The summed E-state index contributed by atoms with van der Waals surface area (Å²) in [4.78, 5) is 25.8. The number of benzene rings is 3. The van der Waals surface area contributed by atoms with E-state index in [0.717, 1.165) is 17.7 Å². The number of alkyl halides is 3. The zero-order valence-corrected chi connectivity index (χ0v) is 23.3. The van der Waals surface area contributed by atoms with Gasteiger partial charge in [-0.15, -0.1) is 13.2 Å². The van der Waals surface area contributed by atoms with Crippen LogP contribution in [0.1, 0.15) is 18.9 Å². The first-order chi connectivity index (χ1) is 20.5. The largest absolute Gasteiger partial charge is 0.573 e. The van der Waals surface area contributed by atoms with Crippen LogP contribution in [0.4, 0.5) is 28.0 Å². The van der Waals surface area contributed by atoms with E-state index in [1.54, 1.807) is 31.2 Å². The van der Waals surface area contributed by atoms with Gasteiger partial charge in [-0.05, 0) is 79.6 Å². The lowest BCUT2D eigenvalue weighted by atomic mass is 10.1. The normalized spacial score (nSPS) is 11.8. The van der Waals surface area contributed by atoms with Gasteiger partial charge >= 0.3 is 18.4 Å². The minimum absolute atomic E-state index is 0.112. The van der Waals surface area contributed by atoms with Crippen molar-refractivity contribution >= 4 is 17.7 Å². The fraction of sp³-hybridized carbons (Fsp3) is 0.333. The predicted octanol–water partition coefficient (Wildman–Crippen LogP) is 6.14. The van der Waals surface area contributed by atoms with E-state index in [1.807, 2.05) is 0 Å². The number of hydrogen-bond acceptors (Lipinski definition) is 6. The summed E-state index contributed by atoms with van der Waals surface area (Å²) in [5.41, 5.74) is 1.01. The van der Waals surface area contributed by atoms with Gasteiger partial charge < -0.3 is 34.3 Å². The minimum Gasteiger partial charge on any atom is -0.494 e. The number of rotatable bonds is 16. The van der Waals surface area contributed by atoms with E-state index < -0.39 is 36.0 Å². The Kier molecular flexibility index (Phi) is 12.4. The molecule has 0 aliphatic rings. The molecule has 0 aliphatic heterocycles. The van der Waals surface area contributed by atoms with Crippen LogP contribution in [0.5, 0.6) is 17.2 Å². The summed E-state index contributed by atoms with van der Waals surface area (Å²) in [7, 11) is 0. The Labute approximate surface area is 245 Å². The van der Waals surface area contributed by atoms with Crippen LogP contribution in [0.15, 0.2) is 72.8 Å². The second kappa shape index (κ2) is 16.2. The van der Waals surface area contributed by atoms with Crippen LogP contribution < -0.4 is 19.5 Å². The zero-order chi connectivity index (χ0) is 31.2. The van der Waals surface area contributed by atoms with Gasteiger partial charge in [-0.1, -0.05) is 12.1 Å². The maximum absolute atomic E-state index is 13.1. The third-order valence-corrected chi connectivity index (χ3v) is 5.90. The maximum Gasteiger partial charge on any atom is 0.573 e. The molecule has 0 saturated carbocycles. The Morgan fingerprint density at radius 2 is 1.44 bits per heavy atom. The van der Waals surface area contributed by atoms with Gasteiger partial charge in [0.25, 0.3) is 0 Å². The van der Waals surface area contributed by atoms with Gasteiger partial charge in [0, 0.05) is 25.3 Å². The Bertz CT molecular complexity index is 1290. The lowest BCUT2D eigenvalue weighted by molar-refractivity contribution is -0.274. The summed E-state index contributed by atoms with van der Waals surface area (Å²) >= 11 is 0. The number of carboxylic acids is 1. The second-order valence-electron chi connectivity index (χ2n) is 9.12. The molecule has 3 rings (SSSR count). The van der Waals surface area contributed by atoms with Gasteiger partial charge in [0.1, 0.15) is 29.7 Å². The third kappa shape index (κ3) is 12.1. The van der Waals surface area contributed by atoms with Gasteiger partial charge in [0.2, 0.25) is 0 Å². The summed E-state index contributed by atoms with van der Waals surface area (Å²) in [5, 5.41) is 11.9. The van der Waals surface area contributed by atoms with Gasteiger partial charge in [-0.2, -0.15) is 0 Å². The van der Waals surface area contributed by atoms with E-state index in [0.29, 0.717) is 17.9 Å². The molecule has 1 unspecified atom stereocenters. The van der Waals surface area contributed by atoms with Crippen LogP contribution >= 0.6 is 0 Å². The molecule has 43 heavy (non-hydrogen) atoms. The van der Waals surface area contributed by atoms with Gasteiger partial charge in [0.05, 0.1) is 13.2 Å². The fourth-order valence-corrected chi connectivity index (χ4v) is 3.86. The van der Waals surface area contributed by atoms with Gasteiger partial charge in [0.15, 0.2) is 6.10 Å². The molecular weight excluding hydrogens is 576 g/mol. The first-order valence-corrected chi connectivity index (χ1v) is 13.4. The number of anilines is 1. The van der Waals surface area contributed by atoms with E-state index in [-0.39, 0.29) is 45.0 Å². The SMILES string of the molecule is CCOC(Cc1ccc(OCCN(CCCOc2ccc(F)cc2)C(=O)Nc2ccc(OC(F)(F)F)cc2)cc1)C(=O)O. The quantitative estimate of drug-likeness (QED) is 0.149. The average Bonchev–Trinajstić information content (AvgIpc) is 2.96. The molecule has 2 N–H and O–H groups in total.